The molecule has 0 radical (unpaired) electrons. The monoisotopic (exact) mass is 329 g/mol. The van der Waals surface area contributed by atoms with Crippen molar-refractivity contribution in [3.05, 3.63) is 35.6 Å². The van der Waals surface area contributed by atoms with Gasteiger partial charge in [0.2, 0.25) is 0 Å². The highest BCUT2D eigenvalue weighted by molar-refractivity contribution is 7.92. The molecular formula is C15H24FN3O2S. The molecule has 0 bridgehead atoms. The number of hydrogen-bond donors (Lipinski definition) is 2. The molecule has 0 spiro atoms. The second kappa shape index (κ2) is 7.58. The molecule has 124 valence electrons. The van der Waals surface area contributed by atoms with Crippen LogP contribution in [0.2, 0.25) is 0 Å². The lowest BCUT2D eigenvalue weighted by Gasteiger charge is -2.24. The summed E-state index contributed by atoms with van der Waals surface area (Å²) in [7, 11) is -1.53. The zero-order valence-corrected chi connectivity index (χ0v) is 14.3. The number of guanidine groups is 1. The summed E-state index contributed by atoms with van der Waals surface area (Å²) in [4.78, 5) is 4.06. The molecule has 0 unspecified atom stereocenters. The first kappa shape index (κ1) is 18.4. The topological polar surface area (TPSA) is 70.6 Å². The normalized spacial score (nSPS) is 13.0. The molecule has 0 aliphatic carbocycles. The Labute approximate surface area is 132 Å². The highest BCUT2D eigenvalue weighted by Crippen LogP contribution is 2.13. The number of sulfone groups is 1. The Kier molecular flexibility index (Phi) is 6.34. The first-order valence-corrected chi connectivity index (χ1v) is 8.93. The van der Waals surface area contributed by atoms with Crippen molar-refractivity contribution in [1.82, 2.24) is 10.6 Å². The van der Waals surface area contributed by atoms with Crippen molar-refractivity contribution in [2.24, 2.45) is 4.99 Å². The van der Waals surface area contributed by atoms with Crippen LogP contribution >= 0.6 is 0 Å². The Hall–Kier alpha value is -1.63. The van der Waals surface area contributed by atoms with Crippen LogP contribution in [-0.4, -0.2) is 45.5 Å². The third kappa shape index (κ3) is 5.63. The van der Waals surface area contributed by atoms with Crippen LogP contribution in [0.1, 0.15) is 19.4 Å². The lowest BCUT2D eigenvalue weighted by molar-refractivity contribution is 0.544. The van der Waals surface area contributed by atoms with Gasteiger partial charge in [0.15, 0.2) is 15.8 Å². The zero-order valence-electron chi connectivity index (χ0n) is 13.5. The van der Waals surface area contributed by atoms with E-state index in [1.54, 1.807) is 33.0 Å². The lowest BCUT2D eigenvalue weighted by Crippen LogP contribution is -2.48. The van der Waals surface area contributed by atoms with Crippen molar-refractivity contribution in [2.75, 3.05) is 26.4 Å². The van der Waals surface area contributed by atoms with Gasteiger partial charge in [-0.05, 0) is 38.0 Å². The molecule has 22 heavy (non-hydrogen) atoms. The van der Waals surface area contributed by atoms with Crippen molar-refractivity contribution in [3.8, 4) is 0 Å². The number of rotatable bonds is 6. The molecule has 7 heteroatoms. The summed E-state index contributed by atoms with van der Waals surface area (Å²) in [6.07, 6.45) is 1.94. The summed E-state index contributed by atoms with van der Waals surface area (Å²) in [6, 6.07) is 6.33. The number of nitrogens with one attached hydrogen (secondary N) is 2. The smallest absolute Gasteiger partial charge is 0.191 e. The molecule has 0 aliphatic rings. The van der Waals surface area contributed by atoms with Gasteiger partial charge < -0.3 is 10.6 Å². The number of nitrogens with zero attached hydrogens (tertiary/aromatic N) is 1. The Morgan fingerprint density at radius 3 is 2.32 bits per heavy atom. The Morgan fingerprint density at radius 2 is 1.82 bits per heavy atom. The van der Waals surface area contributed by atoms with E-state index in [1.807, 2.05) is 0 Å². The van der Waals surface area contributed by atoms with Gasteiger partial charge in [0.05, 0.1) is 4.75 Å². The third-order valence-electron chi connectivity index (χ3n) is 3.53. The molecule has 1 aromatic carbocycles. The second-order valence-corrected chi connectivity index (χ2v) is 8.41. The van der Waals surface area contributed by atoms with E-state index >= 15 is 0 Å². The van der Waals surface area contributed by atoms with Gasteiger partial charge in [-0.3, -0.25) is 4.99 Å². The SMILES string of the molecule is CN=C(NCCc1ccc(F)cc1)NCC(C)(C)S(C)(=O)=O. The van der Waals surface area contributed by atoms with E-state index in [1.165, 1.54) is 18.4 Å². The van der Waals surface area contributed by atoms with E-state index in [9.17, 15) is 12.8 Å². The summed E-state index contributed by atoms with van der Waals surface area (Å²) in [5.74, 6) is 0.288. The summed E-state index contributed by atoms with van der Waals surface area (Å²) < 4.78 is 35.2. The summed E-state index contributed by atoms with van der Waals surface area (Å²) in [5, 5.41) is 6.12. The maximum atomic E-state index is 12.8. The Morgan fingerprint density at radius 1 is 1.23 bits per heavy atom. The quantitative estimate of drug-likeness (QED) is 0.611. The maximum Gasteiger partial charge on any atom is 0.191 e. The maximum absolute atomic E-state index is 12.8. The van der Waals surface area contributed by atoms with Gasteiger partial charge in [0.1, 0.15) is 5.82 Å². The van der Waals surface area contributed by atoms with Crippen LogP contribution in [0.15, 0.2) is 29.3 Å². The molecule has 0 heterocycles. The molecule has 1 aromatic rings. The molecule has 1 rings (SSSR count). The molecule has 0 fully saturated rings. The van der Waals surface area contributed by atoms with E-state index in [4.69, 9.17) is 0 Å². The highest BCUT2D eigenvalue weighted by Gasteiger charge is 2.30. The molecule has 5 nitrogen and oxygen atoms in total. The van der Waals surface area contributed by atoms with E-state index in [0.29, 0.717) is 12.5 Å². The van der Waals surface area contributed by atoms with Gasteiger partial charge in [-0.1, -0.05) is 12.1 Å². The minimum absolute atomic E-state index is 0.253. The van der Waals surface area contributed by atoms with Crippen LogP contribution in [0.25, 0.3) is 0 Å². The fourth-order valence-electron chi connectivity index (χ4n) is 1.62. The fraction of sp³-hybridized carbons (Fsp3) is 0.533. The van der Waals surface area contributed by atoms with Gasteiger partial charge in [0.25, 0.3) is 0 Å². The van der Waals surface area contributed by atoms with E-state index in [2.05, 4.69) is 15.6 Å². The van der Waals surface area contributed by atoms with E-state index in [-0.39, 0.29) is 12.4 Å². The van der Waals surface area contributed by atoms with E-state index < -0.39 is 14.6 Å². The first-order chi connectivity index (χ1) is 10.2. The van der Waals surface area contributed by atoms with Gasteiger partial charge in [0, 0.05) is 26.4 Å². The van der Waals surface area contributed by atoms with Crippen molar-refractivity contribution < 1.29 is 12.8 Å². The predicted octanol–water partition coefficient (Wildman–Crippen LogP) is 1.36. The fourth-order valence-corrected chi connectivity index (χ4v) is 1.96. The first-order valence-electron chi connectivity index (χ1n) is 7.04. The zero-order chi connectivity index (χ0) is 16.8. The Bertz CT molecular complexity index is 610. The highest BCUT2D eigenvalue weighted by atomic mass is 32.2. The lowest BCUT2D eigenvalue weighted by atomic mass is 10.1. The second-order valence-electron chi connectivity index (χ2n) is 5.76. The van der Waals surface area contributed by atoms with Crippen molar-refractivity contribution in [3.63, 3.8) is 0 Å². The minimum Gasteiger partial charge on any atom is -0.356 e. The molecule has 0 aliphatic heterocycles. The van der Waals surface area contributed by atoms with Crippen molar-refractivity contribution >= 4 is 15.8 Å². The number of hydrogen-bond acceptors (Lipinski definition) is 3. The molecule has 2 N–H and O–H groups in total. The van der Waals surface area contributed by atoms with Gasteiger partial charge in [-0.2, -0.15) is 0 Å². The van der Waals surface area contributed by atoms with Gasteiger partial charge in [-0.25, -0.2) is 12.8 Å². The third-order valence-corrected chi connectivity index (χ3v) is 5.68. The number of benzene rings is 1. The molecule has 0 aromatic heterocycles. The molecular weight excluding hydrogens is 305 g/mol. The van der Waals surface area contributed by atoms with Crippen molar-refractivity contribution in [2.45, 2.75) is 25.0 Å². The van der Waals surface area contributed by atoms with E-state index in [0.717, 1.165) is 12.0 Å². The van der Waals surface area contributed by atoms with Crippen LogP contribution < -0.4 is 10.6 Å². The molecule has 0 amide bonds. The minimum atomic E-state index is -3.15. The summed E-state index contributed by atoms with van der Waals surface area (Å²) >= 11 is 0. The summed E-state index contributed by atoms with van der Waals surface area (Å²) in [5.41, 5.74) is 1.01. The number of halogens is 1. The van der Waals surface area contributed by atoms with Crippen LogP contribution in [0.3, 0.4) is 0 Å². The average molecular weight is 329 g/mol. The molecule has 0 atom stereocenters. The largest absolute Gasteiger partial charge is 0.356 e. The average Bonchev–Trinajstić information content (AvgIpc) is 2.43. The van der Waals surface area contributed by atoms with Crippen molar-refractivity contribution in [1.29, 1.82) is 0 Å². The Balaban J connectivity index is 2.45. The molecule has 0 saturated carbocycles. The van der Waals surface area contributed by atoms with Crippen LogP contribution in [-0.2, 0) is 16.3 Å². The standard InChI is InChI=1S/C15H24FN3O2S/c1-15(2,22(4,20)21)11-19-14(17-3)18-10-9-12-5-7-13(16)8-6-12/h5-8H,9-11H2,1-4H3,(H2,17,18,19). The molecule has 0 saturated heterocycles. The number of aliphatic imine (C=N–C) groups is 1. The van der Waals surface area contributed by atoms with Gasteiger partial charge >= 0.3 is 0 Å². The van der Waals surface area contributed by atoms with Crippen LogP contribution in [0.4, 0.5) is 4.39 Å². The van der Waals surface area contributed by atoms with Gasteiger partial charge in [-0.15, -0.1) is 0 Å². The van der Waals surface area contributed by atoms with Crippen LogP contribution in [0.5, 0.6) is 0 Å². The van der Waals surface area contributed by atoms with Crippen LogP contribution in [0, 0.1) is 5.82 Å². The summed E-state index contributed by atoms with van der Waals surface area (Å²) in [6.45, 7) is 4.22. The predicted molar refractivity (Wildman–Crippen MR) is 88.4 cm³/mol.